The van der Waals surface area contributed by atoms with Crippen molar-refractivity contribution < 1.29 is 4.79 Å². The quantitative estimate of drug-likeness (QED) is 0.801. The van der Waals surface area contributed by atoms with E-state index in [1.165, 1.54) is 0 Å². The number of benzene rings is 1. The van der Waals surface area contributed by atoms with Crippen LogP contribution in [0, 0.1) is 0 Å². The van der Waals surface area contributed by atoms with Crippen molar-refractivity contribution >= 4 is 51.8 Å². The lowest BCUT2D eigenvalue weighted by atomic mass is 10.3. The third-order valence-electron chi connectivity index (χ3n) is 1.35. The second-order valence-corrected chi connectivity index (χ2v) is 3.94. The topological polar surface area (TPSA) is 29.1 Å². The van der Waals surface area contributed by atoms with Gasteiger partial charge in [0.05, 0.1) is 11.4 Å². The fourth-order valence-electron chi connectivity index (χ4n) is 0.781. The maximum absolute atomic E-state index is 11.0. The summed E-state index contributed by atoms with van der Waals surface area (Å²) in [5.74, 6) is 0.0149. The second-order valence-electron chi connectivity index (χ2n) is 2.33. The highest BCUT2D eigenvalue weighted by Crippen LogP contribution is 2.25. The Morgan fingerprint density at radius 1 is 1.62 bits per heavy atom. The monoisotopic (exact) mass is 279 g/mol. The van der Waals surface area contributed by atoms with Gasteiger partial charge in [0, 0.05) is 9.50 Å². The molecule has 0 heterocycles. The molecule has 0 atom stereocenters. The summed E-state index contributed by atoms with van der Waals surface area (Å²) in [6.45, 7) is 0. The SMILES string of the molecule is O=C(CS)Nc1ccc(Cl)cc1Br. The number of nitrogens with one attached hydrogen (secondary N) is 1. The lowest BCUT2D eigenvalue weighted by Crippen LogP contribution is -2.12. The van der Waals surface area contributed by atoms with Crippen molar-refractivity contribution in [2.24, 2.45) is 0 Å². The van der Waals surface area contributed by atoms with E-state index in [9.17, 15) is 4.79 Å². The van der Waals surface area contributed by atoms with Gasteiger partial charge in [-0.1, -0.05) is 11.6 Å². The van der Waals surface area contributed by atoms with Crippen molar-refractivity contribution in [2.75, 3.05) is 11.1 Å². The maximum atomic E-state index is 11.0. The molecule has 0 saturated carbocycles. The van der Waals surface area contributed by atoms with Crippen LogP contribution in [0.15, 0.2) is 22.7 Å². The summed E-state index contributed by atoms with van der Waals surface area (Å²) in [6.07, 6.45) is 0. The molecule has 1 amide bonds. The average Bonchev–Trinajstić information content (AvgIpc) is 2.09. The van der Waals surface area contributed by atoms with Crippen LogP contribution in [0.2, 0.25) is 5.02 Å². The molecule has 70 valence electrons. The molecule has 0 aliphatic heterocycles. The predicted octanol–water partition coefficient (Wildman–Crippen LogP) is 2.97. The van der Waals surface area contributed by atoms with Crippen LogP contribution < -0.4 is 5.32 Å². The Labute approximate surface area is 95.2 Å². The van der Waals surface area contributed by atoms with Crippen molar-refractivity contribution in [3.8, 4) is 0 Å². The number of thiol groups is 1. The van der Waals surface area contributed by atoms with Gasteiger partial charge in [-0.2, -0.15) is 12.6 Å². The van der Waals surface area contributed by atoms with E-state index in [1.54, 1.807) is 18.2 Å². The summed E-state index contributed by atoms with van der Waals surface area (Å²) in [6, 6.07) is 5.16. The summed E-state index contributed by atoms with van der Waals surface area (Å²) >= 11 is 12.9. The van der Waals surface area contributed by atoms with E-state index >= 15 is 0 Å². The molecule has 1 aromatic carbocycles. The molecule has 0 saturated heterocycles. The molecule has 13 heavy (non-hydrogen) atoms. The summed E-state index contributed by atoms with van der Waals surface area (Å²) in [7, 11) is 0. The number of anilines is 1. The minimum Gasteiger partial charge on any atom is -0.324 e. The molecule has 0 bridgehead atoms. The average molecular weight is 281 g/mol. The number of amides is 1. The van der Waals surface area contributed by atoms with E-state index in [-0.39, 0.29) is 11.7 Å². The fraction of sp³-hybridized carbons (Fsp3) is 0.125. The van der Waals surface area contributed by atoms with Gasteiger partial charge in [-0.15, -0.1) is 0 Å². The molecule has 1 rings (SSSR count). The minimum atomic E-state index is -0.147. The molecule has 0 radical (unpaired) electrons. The van der Waals surface area contributed by atoms with Gasteiger partial charge >= 0.3 is 0 Å². The first kappa shape index (κ1) is 10.9. The normalized spacial score (nSPS) is 9.77. The van der Waals surface area contributed by atoms with E-state index in [4.69, 9.17) is 11.6 Å². The third-order valence-corrected chi connectivity index (χ3v) is 2.53. The molecule has 0 aromatic heterocycles. The predicted molar refractivity (Wildman–Crippen MR) is 61.6 cm³/mol. The molecule has 0 spiro atoms. The summed E-state index contributed by atoms with van der Waals surface area (Å²) in [4.78, 5) is 11.0. The Balaban J connectivity index is 2.83. The Bertz CT molecular complexity index is 332. The Hall–Kier alpha value is -0.190. The van der Waals surface area contributed by atoms with Gasteiger partial charge in [-0.25, -0.2) is 0 Å². The molecule has 0 unspecified atom stereocenters. The van der Waals surface area contributed by atoms with Gasteiger partial charge in [-0.05, 0) is 34.1 Å². The van der Waals surface area contributed by atoms with Crippen LogP contribution in [-0.2, 0) is 4.79 Å². The summed E-state index contributed by atoms with van der Waals surface area (Å²) in [5, 5.41) is 3.29. The molecule has 0 aliphatic carbocycles. The number of hydrogen-bond acceptors (Lipinski definition) is 2. The largest absolute Gasteiger partial charge is 0.324 e. The summed E-state index contributed by atoms with van der Waals surface area (Å²) in [5.41, 5.74) is 0.698. The zero-order chi connectivity index (χ0) is 9.84. The number of carbonyl (C=O) groups excluding carboxylic acids is 1. The van der Waals surface area contributed by atoms with Crippen LogP contribution in [-0.4, -0.2) is 11.7 Å². The minimum absolute atomic E-state index is 0.147. The van der Waals surface area contributed by atoms with Crippen LogP contribution in [0.1, 0.15) is 0 Å². The van der Waals surface area contributed by atoms with E-state index in [2.05, 4.69) is 33.9 Å². The Morgan fingerprint density at radius 2 is 2.31 bits per heavy atom. The molecule has 2 nitrogen and oxygen atoms in total. The maximum Gasteiger partial charge on any atom is 0.234 e. The first-order valence-corrected chi connectivity index (χ1v) is 5.29. The number of halogens is 2. The standard InChI is InChI=1S/C8H7BrClNOS/c9-6-3-5(10)1-2-7(6)11-8(12)4-13/h1-3,13H,4H2,(H,11,12). The fourth-order valence-corrected chi connectivity index (χ4v) is 1.64. The van der Waals surface area contributed by atoms with Crippen molar-refractivity contribution in [3.63, 3.8) is 0 Å². The first-order valence-electron chi connectivity index (χ1n) is 3.49. The second kappa shape index (κ2) is 4.88. The van der Waals surface area contributed by atoms with E-state index < -0.39 is 0 Å². The Morgan fingerprint density at radius 3 is 2.85 bits per heavy atom. The highest BCUT2D eigenvalue weighted by atomic mass is 79.9. The van der Waals surface area contributed by atoms with E-state index in [1.807, 2.05) is 0 Å². The highest BCUT2D eigenvalue weighted by Gasteiger charge is 2.03. The van der Waals surface area contributed by atoms with Gasteiger partial charge in [0.25, 0.3) is 0 Å². The first-order chi connectivity index (χ1) is 6.13. The molecule has 0 aliphatic rings. The van der Waals surface area contributed by atoms with E-state index in [0.29, 0.717) is 10.7 Å². The van der Waals surface area contributed by atoms with Gasteiger partial charge in [-0.3, -0.25) is 4.79 Å². The Kier molecular flexibility index (Phi) is 4.09. The number of carbonyl (C=O) groups is 1. The summed E-state index contributed by atoms with van der Waals surface area (Å²) < 4.78 is 0.759. The van der Waals surface area contributed by atoms with Crippen LogP contribution in [0.5, 0.6) is 0 Å². The third kappa shape index (κ3) is 3.21. The number of hydrogen-bond donors (Lipinski definition) is 2. The van der Waals surface area contributed by atoms with Gasteiger partial charge in [0.1, 0.15) is 0 Å². The lowest BCUT2D eigenvalue weighted by molar-refractivity contribution is -0.113. The van der Waals surface area contributed by atoms with E-state index in [0.717, 1.165) is 4.47 Å². The van der Waals surface area contributed by atoms with Crippen molar-refractivity contribution in [1.82, 2.24) is 0 Å². The van der Waals surface area contributed by atoms with Crippen molar-refractivity contribution in [2.45, 2.75) is 0 Å². The van der Waals surface area contributed by atoms with Gasteiger partial charge < -0.3 is 5.32 Å². The lowest BCUT2D eigenvalue weighted by Gasteiger charge is -2.05. The molecule has 1 N–H and O–H groups in total. The van der Waals surface area contributed by atoms with Crippen molar-refractivity contribution in [3.05, 3.63) is 27.7 Å². The van der Waals surface area contributed by atoms with Crippen LogP contribution in [0.3, 0.4) is 0 Å². The van der Waals surface area contributed by atoms with Gasteiger partial charge in [0.15, 0.2) is 0 Å². The smallest absolute Gasteiger partial charge is 0.234 e. The van der Waals surface area contributed by atoms with Crippen LogP contribution in [0.25, 0.3) is 0 Å². The molecular weight excluding hydrogens is 274 g/mol. The van der Waals surface area contributed by atoms with Crippen molar-refractivity contribution in [1.29, 1.82) is 0 Å². The molecule has 5 heteroatoms. The number of rotatable bonds is 2. The van der Waals surface area contributed by atoms with Crippen LogP contribution in [0.4, 0.5) is 5.69 Å². The van der Waals surface area contributed by atoms with Crippen LogP contribution >= 0.6 is 40.2 Å². The highest BCUT2D eigenvalue weighted by molar-refractivity contribution is 9.10. The molecule has 0 fully saturated rings. The molecule has 1 aromatic rings. The zero-order valence-electron chi connectivity index (χ0n) is 6.55. The van der Waals surface area contributed by atoms with Gasteiger partial charge in [0.2, 0.25) is 5.91 Å². The zero-order valence-corrected chi connectivity index (χ0v) is 9.79. The molecular formula is C8H7BrClNOS.